The third kappa shape index (κ3) is 5.59. The molecule has 0 atom stereocenters. The molecule has 2 aromatic rings. The van der Waals surface area contributed by atoms with E-state index in [9.17, 15) is 9.59 Å². The molecular weight excluding hydrogens is 330 g/mol. The van der Waals surface area contributed by atoms with Crippen molar-refractivity contribution in [2.24, 2.45) is 0 Å². The van der Waals surface area contributed by atoms with E-state index in [1.807, 2.05) is 18.2 Å². The fourth-order valence-corrected chi connectivity index (χ4v) is 2.24. The van der Waals surface area contributed by atoms with Crippen LogP contribution in [0.15, 0.2) is 48.5 Å². The number of ether oxygens (including phenoxy) is 2. The van der Waals surface area contributed by atoms with Gasteiger partial charge in [0, 0.05) is 11.6 Å². The third-order valence-corrected chi connectivity index (χ3v) is 3.52. The lowest BCUT2D eigenvalue weighted by Crippen LogP contribution is -2.30. The first-order valence-electron chi connectivity index (χ1n) is 7.41. The summed E-state index contributed by atoms with van der Waals surface area (Å²) < 4.78 is 9.98. The van der Waals surface area contributed by atoms with Crippen LogP contribution in [-0.4, -0.2) is 32.1 Å². The molecule has 0 unspecified atom stereocenters. The summed E-state index contributed by atoms with van der Waals surface area (Å²) in [7, 11) is 1.54. The molecule has 0 aliphatic rings. The van der Waals surface area contributed by atoms with Crippen LogP contribution in [0.1, 0.15) is 15.9 Å². The Morgan fingerprint density at radius 1 is 1.12 bits per heavy atom. The van der Waals surface area contributed by atoms with Crippen molar-refractivity contribution < 1.29 is 19.1 Å². The Kier molecular flexibility index (Phi) is 6.63. The van der Waals surface area contributed by atoms with E-state index < -0.39 is 5.97 Å². The van der Waals surface area contributed by atoms with Crippen molar-refractivity contribution in [3.63, 3.8) is 0 Å². The van der Waals surface area contributed by atoms with Crippen molar-refractivity contribution >= 4 is 23.5 Å². The van der Waals surface area contributed by atoms with Crippen LogP contribution in [0.25, 0.3) is 0 Å². The van der Waals surface area contributed by atoms with Gasteiger partial charge in [-0.05, 0) is 48.4 Å². The number of rotatable bonds is 7. The Hall–Kier alpha value is -2.53. The van der Waals surface area contributed by atoms with E-state index in [0.717, 1.165) is 5.56 Å². The fourth-order valence-electron chi connectivity index (χ4n) is 2.03. The van der Waals surface area contributed by atoms with Crippen molar-refractivity contribution in [3.05, 3.63) is 64.7 Å². The average molecular weight is 348 g/mol. The molecule has 24 heavy (non-hydrogen) atoms. The highest BCUT2D eigenvalue weighted by Crippen LogP contribution is 2.12. The van der Waals surface area contributed by atoms with E-state index in [1.165, 1.54) is 0 Å². The number of benzene rings is 2. The standard InChI is InChI=1S/C18H18ClNO4/c1-23-16-7-5-14(6-8-16)18(22)24-12-17(21)20-10-9-13-3-2-4-15(19)11-13/h2-8,11H,9-10,12H2,1H3,(H,20,21). The zero-order chi connectivity index (χ0) is 17.4. The van der Waals surface area contributed by atoms with Crippen molar-refractivity contribution in [2.75, 3.05) is 20.3 Å². The molecule has 126 valence electrons. The molecule has 0 saturated carbocycles. The number of hydrogen-bond acceptors (Lipinski definition) is 4. The van der Waals surface area contributed by atoms with Gasteiger partial charge in [-0.2, -0.15) is 0 Å². The van der Waals surface area contributed by atoms with Gasteiger partial charge in [0.25, 0.3) is 5.91 Å². The molecule has 0 saturated heterocycles. The summed E-state index contributed by atoms with van der Waals surface area (Å²) in [6.07, 6.45) is 0.652. The van der Waals surface area contributed by atoms with E-state index >= 15 is 0 Å². The third-order valence-electron chi connectivity index (χ3n) is 3.28. The van der Waals surface area contributed by atoms with Gasteiger partial charge in [-0.1, -0.05) is 23.7 Å². The minimum absolute atomic E-state index is 0.319. The van der Waals surface area contributed by atoms with E-state index in [2.05, 4.69) is 5.32 Å². The molecule has 0 radical (unpaired) electrons. The smallest absolute Gasteiger partial charge is 0.338 e. The van der Waals surface area contributed by atoms with Gasteiger partial charge in [0.05, 0.1) is 12.7 Å². The Bertz CT molecular complexity index is 700. The maximum Gasteiger partial charge on any atom is 0.338 e. The number of amides is 1. The van der Waals surface area contributed by atoms with Crippen LogP contribution in [0.4, 0.5) is 0 Å². The normalized spacial score (nSPS) is 10.1. The first kappa shape index (κ1) is 17.8. The minimum Gasteiger partial charge on any atom is -0.497 e. The first-order valence-corrected chi connectivity index (χ1v) is 7.78. The van der Waals surface area contributed by atoms with Gasteiger partial charge in [-0.15, -0.1) is 0 Å². The Morgan fingerprint density at radius 2 is 1.88 bits per heavy atom. The second-order valence-corrected chi connectivity index (χ2v) is 5.47. The maximum absolute atomic E-state index is 11.8. The van der Waals surface area contributed by atoms with E-state index in [4.69, 9.17) is 21.1 Å². The topological polar surface area (TPSA) is 64.6 Å². The molecule has 6 heteroatoms. The summed E-state index contributed by atoms with van der Waals surface area (Å²) in [5, 5.41) is 3.36. The highest BCUT2D eigenvalue weighted by molar-refractivity contribution is 6.30. The number of esters is 1. The number of nitrogens with one attached hydrogen (secondary N) is 1. The van der Waals surface area contributed by atoms with E-state index in [-0.39, 0.29) is 12.5 Å². The van der Waals surface area contributed by atoms with Crippen LogP contribution in [0.2, 0.25) is 5.02 Å². The number of methoxy groups -OCH3 is 1. The van der Waals surface area contributed by atoms with Gasteiger partial charge >= 0.3 is 5.97 Å². The lowest BCUT2D eigenvalue weighted by Gasteiger charge is -2.07. The molecule has 0 heterocycles. The lowest BCUT2D eigenvalue weighted by molar-refractivity contribution is -0.124. The summed E-state index contributed by atoms with van der Waals surface area (Å²) in [5.74, 6) is -0.258. The van der Waals surface area contributed by atoms with Gasteiger partial charge in [-0.3, -0.25) is 4.79 Å². The molecule has 0 spiro atoms. The van der Waals surface area contributed by atoms with Crippen molar-refractivity contribution in [1.82, 2.24) is 5.32 Å². The monoisotopic (exact) mass is 347 g/mol. The molecule has 0 aliphatic carbocycles. The SMILES string of the molecule is COc1ccc(C(=O)OCC(=O)NCCc2cccc(Cl)c2)cc1. The second kappa shape index (κ2) is 8.93. The molecule has 2 rings (SSSR count). The number of carbonyl (C=O) groups is 2. The summed E-state index contributed by atoms with van der Waals surface area (Å²) in [4.78, 5) is 23.5. The largest absolute Gasteiger partial charge is 0.497 e. The maximum atomic E-state index is 11.8. The van der Waals surface area contributed by atoms with Gasteiger partial charge in [0.2, 0.25) is 0 Å². The summed E-state index contributed by atoms with van der Waals surface area (Å²) >= 11 is 5.90. The number of hydrogen-bond donors (Lipinski definition) is 1. The molecule has 0 bridgehead atoms. The highest BCUT2D eigenvalue weighted by Gasteiger charge is 2.10. The van der Waals surface area contributed by atoms with Crippen molar-refractivity contribution in [3.8, 4) is 5.75 Å². The van der Waals surface area contributed by atoms with Crippen molar-refractivity contribution in [2.45, 2.75) is 6.42 Å². The first-order chi connectivity index (χ1) is 11.6. The summed E-state index contributed by atoms with van der Waals surface area (Å²) in [5.41, 5.74) is 1.39. The molecule has 2 aromatic carbocycles. The molecule has 1 amide bonds. The summed E-state index contributed by atoms with van der Waals surface area (Å²) in [6.45, 7) is 0.125. The van der Waals surface area contributed by atoms with Gasteiger partial charge in [0.15, 0.2) is 6.61 Å². The predicted octanol–water partition coefficient (Wildman–Crippen LogP) is 2.86. The fraction of sp³-hybridized carbons (Fsp3) is 0.222. The zero-order valence-corrected chi connectivity index (χ0v) is 14.0. The van der Waals surface area contributed by atoms with Crippen LogP contribution in [-0.2, 0) is 16.0 Å². The number of halogens is 1. The second-order valence-electron chi connectivity index (χ2n) is 5.03. The lowest BCUT2D eigenvalue weighted by atomic mass is 10.1. The Morgan fingerprint density at radius 3 is 2.54 bits per heavy atom. The van der Waals surface area contributed by atoms with E-state index in [0.29, 0.717) is 29.3 Å². The van der Waals surface area contributed by atoms with Crippen molar-refractivity contribution in [1.29, 1.82) is 0 Å². The highest BCUT2D eigenvalue weighted by atomic mass is 35.5. The molecule has 0 fully saturated rings. The molecule has 5 nitrogen and oxygen atoms in total. The molecule has 1 N–H and O–H groups in total. The van der Waals surface area contributed by atoms with Gasteiger partial charge in [0.1, 0.15) is 5.75 Å². The van der Waals surface area contributed by atoms with Crippen LogP contribution in [0, 0.1) is 0 Å². The number of carbonyl (C=O) groups excluding carboxylic acids is 2. The average Bonchev–Trinajstić information content (AvgIpc) is 2.60. The molecule has 0 aromatic heterocycles. The quantitative estimate of drug-likeness (QED) is 0.782. The summed E-state index contributed by atoms with van der Waals surface area (Å²) in [6, 6.07) is 13.9. The van der Waals surface area contributed by atoms with Gasteiger partial charge in [-0.25, -0.2) is 4.79 Å². The minimum atomic E-state index is -0.553. The van der Waals surface area contributed by atoms with Crippen LogP contribution < -0.4 is 10.1 Å². The van der Waals surface area contributed by atoms with E-state index in [1.54, 1.807) is 37.4 Å². The zero-order valence-electron chi connectivity index (χ0n) is 13.3. The van der Waals surface area contributed by atoms with Crippen LogP contribution in [0.5, 0.6) is 5.75 Å². The predicted molar refractivity (Wildman–Crippen MR) is 91.4 cm³/mol. The van der Waals surface area contributed by atoms with Crippen LogP contribution in [0.3, 0.4) is 0 Å². The molecule has 0 aliphatic heterocycles. The Labute approximate surface area is 145 Å². The molecular formula is C18H18ClNO4. The Balaban J connectivity index is 1.71. The van der Waals surface area contributed by atoms with Gasteiger partial charge < -0.3 is 14.8 Å². The van der Waals surface area contributed by atoms with Crippen LogP contribution >= 0.6 is 11.6 Å².